The maximum absolute atomic E-state index is 11.5. The minimum Gasteiger partial charge on any atom is -0.508 e. The first kappa shape index (κ1) is 9.58. The Morgan fingerprint density at radius 3 is 2.53 bits per heavy atom. The van der Waals surface area contributed by atoms with E-state index in [1.807, 2.05) is 0 Å². The summed E-state index contributed by atoms with van der Waals surface area (Å²) in [6, 6.07) is 2.56. The third kappa shape index (κ3) is 1.34. The van der Waals surface area contributed by atoms with Crippen molar-refractivity contribution in [2.75, 3.05) is 0 Å². The van der Waals surface area contributed by atoms with Gasteiger partial charge in [0.05, 0.1) is 0 Å². The molecule has 0 saturated heterocycles. The topological polar surface area (TPSA) is 70.7 Å². The molecule has 0 atom stereocenters. The molecule has 78 valence electrons. The quantitative estimate of drug-likeness (QED) is 0.689. The zero-order valence-electron chi connectivity index (χ0n) is 8.37. The van der Waals surface area contributed by atoms with Crippen molar-refractivity contribution >= 4 is 10.8 Å². The molecule has 15 heavy (non-hydrogen) atoms. The van der Waals surface area contributed by atoms with Gasteiger partial charge in [0.15, 0.2) is 0 Å². The summed E-state index contributed by atoms with van der Waals surface area (Å²) in [5.74, 6) is 0.146. The molecule has 0 aliphatic rings. The van der Waals surface area contributed by atoms with Gasteiger partial charge in [-0.15, -0.1) is 0 Å². The molecular formula is C11H10O4. The highest BCUT2D eigenvalue weighted by molar-refractivity contribution is 5.91. The molecule has 2 aromatic rings. The van der Waals surface area contributed by atoms with Crippen LogP contribution in [0.4, 0.5) is 0 Å². The van der Waals surface area contributed by atoms with E-state index in [2.05, 4.69) is 0 Å². The molecule has 2 N–H and O–H groups in total. The van der Waals surface area contributed by atoms with E-state index in [0.29, 0.717) is 11.1 Å². The average molecular weight is 206 g/mol. The SMILES string of the molecule is Cc1oc(=O)c2c(O)cc(O)cc2c1C. The fourth-order valence-corrected chi connectivity index (χ4v) is 1.58. The summed E-state index contributed by atoms with van der Waals surface area (Å²) in [6.45, 7) is 3.43. The van der Waals surface area contributed by atoms with Gasteiger partial charge in [0, 0.05) is 11.5 Å². The van der Waals surface area contributed by atoms with E-state index in [-0.39, 0.29) is 16.9 Å². The molecule has 0 bridgehead atoms. The third-order valence-electron chi connectivity index (χ3n) is 2.48. The summed E-state index contributed by atoms with van der Waals surface area (Å²) in [5.41, 5.74) is 0.140. The Bertz CT molecular complexity index is 596. The lowest BCUT2D eigenvalue weighted by atomic mass is 10.1. The maximum Gasteiger partial charge on any atom is 0.347 e. The van der Waals surface area contributed by atoms with Crippen molar-refractivity contribution in [3.63, 3.8) is 0 Å². The van der Waals surface area contributed by atoms with Crippen LogP contribution in [0.1, 0.15) is 11.3 Å². The van der Waals surface area contributed by atoms with E-state index in [1.54, 1.807) is 13.8 Å². The molecule has 0 fully saturated rings. The highest BCUT2D eigenvalue weighted by Crippen LogP contribution is 2.30. The van der Waals surface area contributed by atoms with Gasteiger partial charge in [-0.2, -0.15) is 0 Å². The number of hydrogen-bond donors (Lipinski definition) is 2. The van der Waals surface area contributed by atoms with E-state index < -0.39 is 5.63 Å². The van der Waals surface area contributed by atoms with Gasteiger partial charge in [-0.05, 0) is 25.5 Å². The molecule has 1 aromatic heterocycles. The second kappa shape index (κ2) is 3.02. The summed E-state index contributed by atoms with van der Waals surface area (Å²) in [4.78, 5) is 11.5. The Balaban J connectivity index is 3.10. The number of fused-ring (bicyclic) bond motifs is 1. The van der Waals surface area contributed by atoms with Gasteiger partial charge in [-0.25, -0.2) is 4.79 Å². The van der Waals surface area contributed by atoms with Crippen molar-refractivity contribution in [2.24, 2.45) is 0 Å². The van der Waals surface area contributed by atoms with Crippen LogP contribution in [0, 0.1) is 13.8 Å². The van der Waals surface area contributed by atoms with Crippen LogP contribution in [-0.4, -0.2) is 10.2 Å². The highest BCUT2D eigenvalue weighted by Gasteiger charge is 2.12. The van der Waals surface area contributed by atoms with Gasteiger partial charge < -0.3 is 14.6 Å². The number of hydrogen-bond acceptors (Lipinski definition) is 4. The molecular weight excluding hydrogens is 196 g/mol. The molecule has 0 aliphatic carbocycles. The van der Waals surface area contributed by atoms with Crippen LogP contribution >= 0.6 is 0 Å². The van der Waals surface area contributed by atoms with Crippen molar-refractivity contribution in [1.29, 1.82) is 0 Å². The molecule has 0 aliphatic heterocycles. The highest BCUT2D eigenvalue weighted by atomic mass is 16.4. The Kier molecular flexibility index (Phi) is 1.93. The van der Waals surface area contributed by atoms with Crippen LogP contribution in [0.5, 0.6) is 11.5 Å². The predicted octanol–water partition coefficient (Wildman–Crippen LogP) is 1.82. The molecule has 0 unspecified atom stereocenters. The molecule has 0 saturated carbocycles. The van der Waals surface area contributed by atoms with E-state index >= 15 is 0 Å². The second-order valence-electron chi connectivity index (χ2n) is 3.46. The monoisotopic (exact) mass is 206 g/mol. The molecule has 0 amide bonds. The zero-order valence-corrected chi connectivity index (χ0v) is 8.37. The zero-order chi connectivity index (χ0) is 11.2. The molecule has 4 nitrogen and oxygen atoms in total. The number of phenols is 2. The van der Waals surface area contributed by atoms with Crippen LogP contribution in [0.3, 0.4) is 0 Å². The lowest BCUT2D eigenvalue weighted by Gasteiger charge is -2.05. The summed E-state index contributed by atoms with van der Waals surface area (Å²) >= 11 is 0. The van der Waals surface area contributed by atoms with Crippen molar-refractivity contribution in [3.8, 4) is 11.5 Å². The van der Waals surface area contributed by atoms with E-state index in [1.165, 1.54) is 6.07 Å². The third-order valence-corrected chi connectivity index (χ3v) is 2.48. The molecule has 2 rings (SSSR count). The van der Waals surface area contributed by atoms with Crippen LogP contribution in [0.2, 0.25) is 0 Å². The van der Waals surface area contributed by atoms with Gasteiger partial charge in [0.2, 0.25) is 0 Å². The molecule has 0 spiro atoms. The van der Waals surface area contributed by atoms with Crippen molar-refractivity contribution < 1.29 is 14.6 Å². The Hall–Kier alpha value is -1.97. The summed E-state index contributed by atoms with van der Waals surface area (Å²) in [6.07, 6.45) is 0. The Morgan fingerprint density at radius 1 is 1.20 bits per heavy atom. The largest absolute Gasteiger partial charge is 0.508 e. The summed E-state index contributed by atoms with van der Waals surface area (Å²) in [5, 5.41) is 19.5. The van der Waals surface area contributed by atoms with Crippen molar-refractivity contribution in [3.05, 3.63) is 33.9 Å². The summed E-state index contributed by atoms with van der Waals surface area (Å²) in [7, 11) is 0. The first-order valence-electron chi connectivity index (χ1n) is 4.46. The van der Waals surface area contributed by atoms with E-state index in [0.717, 1.165) is 11.6 Å². The minimum absolute atomic E-state index is 0.0758. The van der Waals surface area contributed by atoms with Crippen LogP contribution in [-0.2, 0) is 0 Å². The Labute approximate surface area is 85.4 Å². The van der Waals surface area contributed by atoms with E-state index in [9.17, 15) is 15.0 Å². The fourth-order valence-electron chi connectivity index (χ4n) is 1.58. The lowest BCUT2D eigenvalue weighted by Crippen LogP contribution is -2.03. The average Bonchev–Trinajstić information content (AvgIpc) is 2.12. The number of aryl methyl sites for hydroxylation is 2. The number of benzene rings is 1. The standard InChI is InChI=1S/C11H10O4/c1-5-6(2)15-11(14)10-8(5)3-7(12)4-9(10)13/h3-4,12-13H,1-2H3. The molecule has 4 heteroatoms. The normalized spacial score (nSPS) is 10.8. The van der Waals surface area contributed by atoms with Crippen molar-refractivity contribution in [1.82, 2.24) is 0 Å². The van der Waals surface area contributed by atoms with Gasteiger partial charge >= 0.3 is 5.63 Å². The molecule has 1 heterocycles. The minimum atomic E-state index is -0.592. The van der Waals surface area contributed by atoms with E-state index in [4.69, 9.17) is 4.42 Å². The fraction of sp³-hybridized carbons (Fsp3) is 0.182. The van der Waals surface area contributed by atoms with Gasteiger partial charge in [-0.1, -0.05) is 0 Å². The van der Waals surface area contributed by atoms with Gasteiger partial charge in [0.25, 0.3) is 0 Å². The second-order valence-corrected chi connectivity index (χ2v) is 3.46. The molecule has 0 radical (unpaired) electrons. The predicted molar refractivity (Wildman–Crippen MR) is 55.3 cm³/mol. The summed E-state index contributed by atoms with van der Waals surface area (Å²) < 4.78 is 4.94. The lowest BCUT2D eigenvalue weighted by molar-refractivity contribution is 0.448. The molecule has 1 aromatic carbocycles. The number of rotatable bonds is 0. The maximum atomic E-state index is 11.5. The van der Waals surface area contributed by atoms with Gasteiger partial charge in [0.1, 0.15) is 22.6 Å². The smallest absolute Gasteiger partial charge is 0.347 e. The van der Waals surface area contributed by atoms with Crippen molar-refractivity contribution in [2.45, 2.75) is 13.8 Å². The number of aromatic hydroxyl groups is 2. The van der Waals surface area contributed by atoms with Crippen LogP contribution in [0.25, 0.3) is 10.8 Å². The van der Waals surface area contributed by atoms with Gasteiger partial charge in [-0.3, -0.25) is 0 Å². The van der Waals surface area contributed by atoms with Crippen LogP contribution in [0.15, 0.2) is 21.3 Å². The number of phenolic OH excluding ortho intramolecular Hbond substituents is 2. The first-order chi connectivity index (χ1) is 7.00. The Morgan fingerprint density at radius 2 is 1.87 bits per heavy atom. The van der Waals surface area contributed by atoms with Crippen LogP contribution < -0.4 is 5.63 Å². The first-order valence-corrected chi connectivity index (χ1v) is 4.46.